The topological polar surface area (TPSA) is 45.2 Å². The largest absolute Gasteiger partial charge is 0.360 e. The van der Waals surface area contributed by atoms with Gasteiger partial charge in [0.25, 0.3) is 5.91 Å². The summed E-state index contributed by atoms with van der Waals surface area (Å²) in [5.74, 6) is 0.601. The molecule has 0 radical (unpaired) electrons. The first kappa shape index (κ1) is 15.8. The molecule has 1 N–H and O–H groups in total. The average molecular weight is 394 g/mol. The van der Waals surface area contributed by atoms with E-state index in [0.29, 0.717) is 11.4 Å². The van der Waals surface area contributed by atoms with Gasteiger partial charge in [-0.05, 0) is 58.7 Å². The maximum absolute atomic E-state index is 13.0. The van der Waals surface area contributed by atoms with Crippen LogP contribution in [-0.2, 0) is 0 Å². The van der Waals surface area contributed by atoms with Gasteiger partial charge in [0.05, 0.1) is 5.69 Å². The lowest BCUT2D eigenvalue weighted by Crippen LogP contribution is -2.33. The summed E-state index contributed by atoms with van der Waals surface area (Å²) < 4.78 is 0.948. The fourth-order valence-electron chi connectivity index (χ4n) is 3.07. The number of hydrogen-bond donors (Lipinski definition) is 1. The zero-order chi connectivity index (χ0) is 17.4. The summed E-state index contributed by atoms with van der Waals surface area (Å²) in [4.78, 5) is 19.2. The molecule has 4 rings (SSSR count). The van der Waals surface area contributed by atoms with Crippen LogP contribution in [0.3, 0.4) is 0 Å². The summed E-state index contributed by atoms with van der Waals surface area (Å²) in [6, 6.07) is 19.4. The molecule has 1 aromatic heterocycles. The number of amides is 1. The number of aryl methyl sites for hydroxylation is 1. The van der Waals surface area contributed by atoms with E-state index in [9.17, 15) is 4.79 Å². The highest BCUT2D eigenvalue weighted by molar-refractivity contribution is 9.10. The molecule has 1 amide bonds. The van der Waals surface area contributed by atoms with Crippen molar-refractivity contribution < 1.29 is 4.79 Å². The van der Waals surface area contributed by atoms with Gasteiger partial charge in [0, 0.05) is 21.8 Å². The molecule has 3 aromatic rings. The Morgan fingerprint density at radius 3 is 2.64 bits per heavy atom. The average Bonchev–Trinajstić information content (AvgIpc) is 2.90. The number of nitrogens with one attached hydrogen (secondary N) is 1. The maximum Gasteiger partial charge on any atom is 0.261 e. The van der Waals surface area contributed by atoms with Crippen LogP contribution in [0, 0.1) is 6.92 Å². The number of aromatic nitrogens is 1. The van der Waals surface area contributed by atoms with Crippen molar-refractivity contribution >= 4 is 33.3 Å². The molecule has 1 atom stereocenters. The van der Waals surface area contributed by atoms with Crippen LogP contribution in [0.2, 0.25) is 0 Å². The number of carbonyl (C=O) groups is 1. The van der Waals surface area contributed by atoms with Gasteiger partial charge in [-0.2, -0.15) is 0 Å². The highest BCUT2D eigenvalue weighted by Crippen LogP contribution is 2.38. The van der Waals surface area contributed by atoms with Gasteiger partial charge in [0.1, 0.15) is 12.0 Å². The monoisotopic (exact) mass is 393 g/mol. The third-order valence-corrected chi connectivity index (χ3v) is 4.97. The van der Waals surface area contributed by atoms with E-state index in [2.05, 4.69) is 26.2 Å². The van der Waals surface area contributed by atoms with Gasteiger partial charge in [0.2, 0.25) is 0 Å². The molecular formula is C20H16BrN3O. The van der Waals surface area contributed by atoms with Crippen LogP contribution in [0.25, 0.3) is 0 Å². The first-order valence-electron chi connectivity index (χ1n) is 8.01. The predicted octanol–water partition coefficient (Wildman–Crippen LogP) is 4.92. The van der Waals surface area contributed by atoms with Gasteiger partial charge in [-0.1, -0.05) is 30.3 Å². The number of anilines is 2. The van der Waals surface area contributed by atoms with E-state index >= 15 is 0 Å². The Hall–Kier alpha value is -2.66. The minimum Gasteiger partial charge on any atom is -0.360 e. The molecule has 0 saturated carbocycles. The number of rotatable bonds is 3. The lowest BCUT2D eigenvalue weighted by molar-refractivity contribution is 0.0992. The second-order valence-electron chi connectivity index (χ2n) is 5.98. The van der Waals surface area contributed by atoms with Gasteiger partial charge in [-0.3, -0.25) is 9.69 Å². The smallest absolute Gasteiger partial charge is 0.261 e. The summed E-state index contributed by atoms with van der Waals surface area (Å²) in [5, 5.41) is 3.48. The second kappa shape index (κ2) is 6.33. The predicted molar refractivity (Wildman–Crippen MR) is 103 cm³/mol. The fourth-order valence-corrected chi connectivity index (χ4v) is 3.47. The molecule has 2 heterocycles. The van der Waals surface area contributed by atoms with Crippen molar-refractivity contribution in [1.29, 1.82) is 0 Å². The van der Waals surface area contributed by atoms with Gasteiger partial charge in [-0.25, -0.2) is 4.98 Å². The van der Waals surface area contributed by atoms with Crippen molar-refractivity contribution in [3.63, 3.8) is 0 Å². The summed E-state index contributed by atoms with van der Waals surface area (Å²) in [6.07, 6.45) is 1.42. The zero-order valence-corrected chi connectivity index (χ0v) is 15.2. The Bertz CT molecular complexity index is 957. The minimum absolute atomic E-state index is 0.0433. The van der Waals surface area contributed by atoms with E-state index in [1.165, 1.54) is 0 Å². The van der Waals surface area contributed by atoms with Crippen LogP contribution in [0.4, 0.5) is 11.5 Å². The third-order valence-electron chi connectivity index (χ3n) is 4.28. The van der Waals surface area contributed by atoms with Crippen molar-refractivity contribution in [3.05, 3.63) is 88.0 Å². The lowest BCUT2D eigenvalue weighted by Gasteiger charge is -2.27. The van der Waals surface area contributed by atoms with Gasteiger partial charge in [0.15, 0.2) is 0 Å². The van der Waals surface area contributed by atoms with E-state index in [4.69, 9.17) is 0 Å². The quantitative estimate of drug-likeness (QED) is 0.686. The Kier molecular flexibility index (Phi) is 4.01. The molecule has 0 bridgehead atoms. The molecule has 124 valence electrons. The summed E-state index contributed by atoms with van der Waals surface area (Å²) >= 11 is 3.56. The number of para-hydroxylation sites is 1. The first-order valence-corrected chi connectivity index (χ1v) is 8.80. The van der Waals surface area contributed by atoms with Gasteiger partial charge < -0.3 is 5.32 Å². The molecule has 1 aliphatic heterocycles. The Morgan fingerprint density at radius 2 is 1.84 bits per heavy atom. The van der Waals surface area contributed by atoms with Crippen molar-refractivity contribution in [1.82, 2.24) is 4.98 Å². The molecule has 0 fully saturated rings. The second-order valence-corrected chi connectivity index (χ2v) is 6.83. The number of hydrogen-bond acceptors (Lipinski definition) is 3. The first-order chi connectivity index (χ1) is 12.1. The third kappa shape index (κ3) is 2.81. The number of nitrogens with zero attached hydrogens (tertiary/aromatic N) is 2. The SMILES string of the molecule is Cc1ccnc(N2C(=O)c3ccccc3[C@@H]2Nc2ccccc2Br)c1. The van der Waals surface area contributed by atoms with Crippen molar-refractivity contribution in [2.24, 2.45) is 0 Å². The summed E-state index contributed by atoms with van der Waals surface area (Å²) in [5.41, 5.74) is 3.64. The summed E-state index contributed by atoms with van der Waals surface area (Å²) in [7, 11) is 0. The highest BCUT2D eigenvalue weighted by Gasteiger charge is 2.38. The van der Waals surface area contributed by atoms with E-state index in [0.717, 1.165) is 21.3 Å². The molecule has 2 aromatic carbocycles. The molecule has 5 heteroatoms. The standard InChI is InChI=1S/C20H16BrN3O/c1-13-10-11-22-18(12-13)24-19(23-17-9-5-4-8-16(17)21)14-6-2-3-7-15(14)20(24)25/h2-12,19,23H,1H3/t19-/m1/s1. The maximum atomic E-state index is 13.0. The molecule has 25 heavy (non-hydrogen) atoms. The fraction of sp³-hybridized carbons (Fsp3) is 0.100. The van der Waals surface area contributed by atoms with Gasteiger partial charge >= 0.3 is 0 Å². The zero-order valence-electron chi connectivity index (χ0n) is 13.6. The highest BCUT2D eigenvalue weighted by atomic mass is 79.9. The van der Waals surface area contributed by atoms with Crippen LogP contribution >= 0.6 is 15.9 Å². The van der Waals surface area contributed by atoms with Crippen molar-refractivity contribution in [2.75, 3.05) is 10.2 Å². The van der Waals surface area contributed by atoms with E-state index in [1.54, 1.807) is 11.1 Å². The van der Waals surface area contributed by atoms with E-state index < -0.39 is 0 Å². The van der Waals surface area contributed by atoms with Gasteiger partial charge in [-0.15, -0.1) is 0 Å². The van der Waals surface area contributed by atoms with Crippen molar-refractivity contribution in [3.8, 4) is 0 Å². The van der Waals surface area contributed by atoms with Crippen molar-refractivity contribution in [2.45, 2.75) is 13.1 Å². The number of carbonyl (C=O) groups excluding carboxylic acids is 1. The number of halogens is 1. The number of benzene rings is 2. The van der Waals surface area contributed by atoms with E-state index in [-0.39, 0.29) is 12.1 Å². The normalized spacial score (nSPS) is 16.0. The molecule has 0 aliphatic carbocycles. The molecule has 0 saturated heterocycles. The van der Waals surface area contributed by atoms with Crippen LogP contribution in [0.15, 0.2) is 71.3 Å². The van der Waals surface area contributed by atoms with Crippen LogP contribution < -0.4 is 10.2 Å². The Morgan fingerprint density at radius 1 is 1.08 bits per heavy atom. The lowest BCUT2D eigenvalue weighted by atomic mass is 10.1. The molecular weight excluding hydrogens is 378 g/mol. The molecule has 4 nitrogen and oxygen atoms in total. The van der Waals surface area contributed by atoms with Crippen LogP contribution in [-0.4, -0.2) is 10.9 Å². The Labute approximate surface area is 154 Å². The number of pyridine rings is 1. The minimum atomic E-state index is -0.309. The summed E-state index contributed by atoms with van der Waals surface area (Å²) in [6.45, 7) is 2.00. The van der Waals surface area contributed by atoms with E-state index in [1.807, 2.05) is 67.6 Å². The number of fused-ring (bicyclic) bond motifs is 1. The molecule has 0 unspecified atom stereocenters. The van der Waals surface area contributed by atoms with Crippen LogP contribution in [0.1, 0.15) is 27.7 Å². The Balaban J connectivity index is 1.82. The van der Waals surface area contributed by atoms with Crippen LogP contribution in [0.5, 0.6) is 0 Å². The molecule has 1 aliphatic rings. The molecule has 0 spiro atoms.